The van der Waals surface area contributed by atoms with Crippen LogP contribution in [0.3, 0.4) is 0 Å². The number of carbonyl (C=O) groups is 1. The Kier molecular flexibility index (Phi) is 4.04. The van der Waals surface area contributed by atoms with E-state index in [0.29, 0.717) is 0 Å². The molecule has 3 aromatic rings. The van der Waals surface area contributed by atoms with Crippen LogP contribution in [0.5, 0.6) is 0 Å². The van der Waals surface area contributed by atoms with Crippen molar-refractivity contribution in [2.45, 2.75) is 32.2 Å². The first-order valence-electron chi connectivity index (χ1n) is 9.10. The average Bonchev–Trinajstić information content (AvgIpc) is 2.93. The fourth-order valence-corrected chi connectivity index (χ4v) is 4.20. The molecule has 2 atom stereocenters. The molecule has 2 nitrogen and oxygen atoms in total. The molecule has 1 heterocycles. The largest absolute Gasteiger partial charge is 0.368 e. The van der Waals surface area contributed by atoms with Crippen LogP contribution in [-0.2, 0) is 0 Å². The first-order valence-corrected chi connectivity index (χ1v) is 9.10. The molecule has 0 aromatic heterocycles. The van der Waals surface area contributed by atoms with E-state index in [2.05, 4.69) is 55.1 Å². The van der Waals surface area contributed by atoms with Crippen molar-refractivity contribution < 1.29 is 4.79 Å². The van der Waals surface area contributed by atoms with Gasteiger partial charge in [0.05, 0.1) is 5.92 Å². The number of carbonyl (C=O) groups excluding carboxylic acids is 1. The minimum atomic E-state index is -0.103. The zero-order valence-corrected chi connectivity index (χ0v) is 14.8. The second kappa shape index (κ2) is 6.36. The molecule has 0 aliphatic carbocycles. The van der Waals surface area contributed by atoms with Crippen LogP contribution in [0.1, 0.15) is 42.1 Å². The summed E-state index contributed by atoms with van der Waals surface area (Å²) in [5.41, 5.74) is 3.22. The van der Waals surface area contributed by atoms with Gasteiger partial charge in [0.15, 0.2) is 5.78 Å². The highest BCUT2D eigenvalue weighted by Gasteiger charge is 2.39. The van der Waals surface area contributed by atoms with Crippen LogP contribution in [0.15, 0.2) is 66.7 Å². The molecule has 1 aliphatic rings. The maximum absolute atomic E-state index is 13.6. The molecule has 0 spiro atoms. The summed E-state index contributed by atoms with van der Waals surface area (Å²) in [6, 6.07) is 22.8. The second-order valence-electron chi connectivity index (χ2n) is 6.86. The molecule has 0 saturated carbocycles. The molecule has 0 saturated heterocycles. The Bertz CT molecular complexity index is 925. The maximum Gasteiger partial charge on any atom is 0.173 e. The average molecular weight is 329 g/mol. The molecule has 2 heteroatoms. The minimum Gasteiger partial charge on any atom is -0.368 e. The third-order valence-corrected chi connectivity index (χ3v) is 5.36. The first-order chi connectivity index (χ1) is 12.2. The van der Waals surface area contributed by atoms with Crippen molar-refractivity contribution in [1.82, 2.24) is 0 Å². The molecule has 4 rings (SSSR count). The number of benzene rings is 3. The lowest BCUT2D eigenvalue weighted by Crippen LogP contribution is -2.34. The number of anilines is 1. The van der Waals surface area contributed by atoms with Crippen LogP contribution in [-0.4, -0.2) is 18.4 Å². The van der Waals surface area contributed by atoms with E-state index < -0.39 is 0 Å². The summed E-state index contributed by atoms with van der Waals surface area (Å²) in [6.07, 6.45) is 1.08. The summed E-state index contributed by atoms with van der Waals surface area (Å²) in [6.45, 7) is 5.36. The van der Waals surface area contributed by atoms with Gasteiger partial charge in [0.25, 0.3) is 0 Å². The Labute approximate surface area is 149 Å². The molecule has 2 unspecified atom stereocenters. The van der Waals surface area contributed by atoms with E-state index >= 15 is 0 Å². The highest BCUT2D eigenvalue weighted by molar-refractivity contribution is 6.12. The van der Waals surface area contributed by atoms with Gasteiger partial charge < -0.3 is 4.90 Å². The van der Waals surface area contributed by atoms with E-state index in [1.54, 1.807) is 0 Å². The van der Waals surface area contributed by atoms with E-state index in [1.165, 1.54) is 11.3 Å². The van der Waals surface area contributed by atoms with Gasteiger partial charge in [-0.3, -0.25) is 4.79 Å². The number of rotatable bonds is 4. The van der Waals surface area contributed by atoms with Crippen molar-refractivity contribution in [1.29, 1.82) is 0 Å². The molecule has 0 N–H and O–H groups in total. The van der Waals surface area contributed by atoms with Gasteiger partial charge in [-0.2, -0.15) is 0 Å². The van der Waals surface area contributed by atoms with Gasteiger partial charge in [0.2, 0.25) is 0 Å². The lowest BCUT2D eigenvalue weighted by molar-refractivity contribution is 0.0955. The van der Waals surface area contributed by atoms with Crippen molar-refractivity contribution in [2.75, 3.05) is 11.4 Å². The lowest BCUT2D eigenvalue weighted by atomic mass is 9.86. The van der Waals surface area contributed by atoms with Crippen molar-refractivity contribution >= 4 is 22.2 Å². The van der Waals surface area contributed by atoms with Crippen molar-refractivity contribution in [3.8, 4) is 0 Å². The topological polar surface area (TPSA) is 20.3 Å². The van der Waals surface area contributed by atoms with Gasteiger partial charge in [0.1, 0.15) is 0 Å². The predicted molar refractivity (Wildman–Crippen MR) is 105 cm³/mol. The summed E-state index contributed by atoms with van der Waals surface area (Å²) < 4.78 is 0. The van der Waals surface area contributed by atoms with Crippen LogP contribution >= 0.6 is 0 Å². The van der Waals surface area contributed by atoms with Crippen LogP contribution in [0.25, 0.3) is 10.8 Å². The van der Waals surface area contributed by atoms with Gasteiger partial charge in [-0.15, -0.1) is 0 Å². The van der Waals surface area contributed by atoms with Crippen molar-refractivity contribution in [3.05, 3.63) is 77.9 Å². The smallest absolute Gasteiger partial charge is 0.173 e. The molecule has 3 aromatic carbocycles. The highest BCUT2D eigenvalue weighted by Crippen LogP contribution is 2.43. The predicted octanol–water partition coefficient (Wildman–Crippen LogP) is 5.42. The number of fused-ring (bicyclic) bond motifs is 2. The molecule has 25 heavy (non-hydrogen) atoms. The van der Waals surface area contributed by atoms with Crippen LogP contribution in [0, 0.1) is 0 Å². The van der Waals surface area contributed by atoms with Gasteiger partial charge in [-0.05, 0) is 35.7 Å². The summed E-state index contributed by atoms with van der Waals surface area (Å²) in [7, 11) is 0. The Hall–Kier alpha value is -2.61. The first kappa shape index (κ1) is 15.9. The zero-order chi connectivity index (χ0) is 17.4. The molecule has 0 fully saturated rings. The number of para-hydroxylation sites is 1. The highest BCUT2D eigenvalue weighted by atomic mass is 16.1. The van der Waals surface area contributed by atoms with Gasteiger partial charge >= 0.3 is 0 Å². The normalized spacial score (nSPS) is 19.2. The molecule has 0 bridgehead atoms. The van der Waals surface area contributed by atoms with Gasteiger partial charge in [0, 0.05) is 23.8 Å². The van der Waals surface area contributed by atoms with Gasteiger partial charge in [-0.1, -0.05) is 67.6 Å². The van der Waals surface area contributed by atoms with E-state index in [4.69, 9.17) is 0 Å². The Morgan fingerprint density at radius 3 is 2.52 bits per heavy atom. The van der Waals surface area contributed by atoms with E-state index in [-0.39, 0.29) is 17.7 Å². The molecule has 0 amide bonds. The van der Waals surface area contributed by atoms with Crippen LogP contribution in [0.2, 0.25) is 0 Å². The second-order valence-corrected chi connectivity index (χ2v) is 6.86. The van der Waals surface area contributed by atoms with E-state index in [0.717, 1.165) is 29.3 Å². The molecule has 0 radical (unpaired) electrons. The fraction of sp³-hybridized carbons (Fsp3) is 0.261. The quantitative estimate of drug-likeness (QED) is 0.595. The van der Waals surface area contributed by atoms with Crippen LogP contribution in [0.4, 0.5) is 5.69 Å². The third kappa shape index (κ3) is 2.53. The summed E-state index contributed by atoms with van der Waals surface area (Å²) in [5.74, 6) is 0.129. The molecule has 126 valence electrons. The zero-order valence-electron chi connectivity index (χ0n) is 14.8. The Morgan fingerprint density at radius 2 is 1.68 bits per heavy atom. The molecule has 1 aliphatic heterocycles. The summed E-state index contributed by atoms with van der Waals surface area (Å²) in [4.78, 5) is 15.9. The summed E-state index contributed by atoms with van der Waals surface area (Å²) >= 11 is 0. The van der Waals surface area contributed by atoms with E-state index in [1.807, 2.05) is 30.3 Å². The number of hydrogen-bond donors (Lipinski definition) is 0. The third-order valence-electron chi connectivity index (χ3n) is 5.36. The molecular formula is C23H23NO. The van der Waals surface area contributed by atoms with Crippen molar-refractivity contribution in [2.24, 2.45) is 0 Å². The standard InChI is InChI=1S/C23H23NO/c1-3-15-24-16(2)22(20-12-6-7-14-21(20)24)23(25)19-13-8-10-17-9-4-5-11-18(17)19/h4-14,16,22H,3,15H2,1-2H3. The SMILES string of the molecule is CCCN1c2ccccc2C(C(=O)c2cccc3ccccc23)C1C. The van der Waals surface area contributed by atoms with E-state index in [9.17, 15) is 4.79 Å². The fourth-order valence-electron chi connectivity index (χ4n) is 4.20. The minimum absolute atomic E-state index is 0.103. The number of hydrogen-bond acceptors (Lipinski definition) is 2. The summed E-state index contributed by atoms with van der Waals surface area (Å²) in [5, 5.41) is 2.17. The Balaban J connectivity index is 1.82. The molecular weight excluding hydrogens is 306 g/mol. The van der Waals surface area contributed by atoms with Gasteiger partial charge in [-0.25, -0.2) is 0 Å². The maximum atomic E-state index is 13.6. The van der Waals surface area contributed by atoms with Crippen LogP contribution < -0.4 is 4.90 Å². The Morgan fingerprint density at radius 1 is 0.960 bits per heavy atom. The van der Waals surface area contributed by atoms with Crippen molar-refractivity contribution in [3.63, 3.8) is 0 Å². The number of nitrogens with zero attached hydrogens (tertiary/aromatic N) is 1. The number of ketones is 1. The number of Topliss-reactive ketones (excluding diaryl/α,β-unsaturated/α-hetero) is 1. The lowest BCUT2D eigenvalue weighted by Gasteiger charge is -2.26. The monoisotopic (exact) mass is 329 g/mol.